The van der Waals surface area contributed by atoms with Crippen molar-refractivity contribution in [3.05, 3.63) is 28.8 Å². The number of benzene rings is 1. The standard InChI is InChI=1S/C14H14Cl2FN3O/c1-7(14(21)18-8-2-3-8)20-12-4-9(16)10(17)5-11(12)19-13(20)6-15/h4-5,7-8H,2-3,6H2,1H3,(H,18,21). The Morgan fingerprint density at radius 3 is 2.90 bits per heavy atom. The predicted octanol–water partition coefficient (Wildman–Crippen LogP) is 3.41. The normalized spacial score (nSPS) is 16.2. The van der Waals surface area contributed by atoms with Crippen LogP contribution in [0.25, 0.3) is 11.0 Å². The minimum Gasteiger partial charge on any atom is -0.352 e. The van der Waals surface area contributed by atoms with Gasteiger partial charge in [0, 0.05) is 12.1 Å². The number of fused-ring (bicyclic) bond motifs is 1. The number of hydrogen-bond donors (Lipinski definition) is 1. The number of rotatable bonds is 4. The molecule has 1 N–H and O–H groups in total. The summed E-state index contributed by atoms with van der Waals surface area (Å²) in [4.78, 5) is 16.5. The fourth-order valence-corrected chi connectivity index (χ4v) is 2.68. The Labute approximate surface area is 131 Å². The minimum atomic E-state index is -0.537. The number of carbonyl (C=O) groups excluding carboxylic acids is 1. The van der Waals surface area contributed by atoms with Crippen molar-refractivity contribution in [2.45, 2.75) is 37.7 Å². The molecule has 2 aromatic rings. The summed E-state index contributed by atoms with van der Waals surface area (Å²) < 4.78 is 15.3. The number of alkyl halides is 1. The molecule has 21 heavy (non-hydrogen) atoms. The maximum atomic E-state index is 13.5. The largest absolute Gasteiger partial charge is 0.352 e. The molecular weight excluding hydrogens is 316 g/mol. The summed E-state index contributed by atoms with van der Waals surface area (Å²) >= 11 is 11.7. The monoisotopic (exact) mass is 329 g/mol. The Morgan fingerprint density at radius 1 is 1.57 bits per heavy atom. The smallest absolute Gasteiger partial charge is 0.243 e. The summed E-state index contributed by atoms with van der Waals surface area (Å²) in [7, 11) is 0. The SMILES string of the molecule is CC(C(=O)NC1CC1)n1c(CCl)nc2cc(F)c(Cl)cc21. The molecule has 0 saturated heterocycles. The first-order valence-electron chi connectivity index (χ1n) is 6.73. The third kappa shape index (κ3) is 2.72. The number of imidazole rings is 1. The van der Waals surface area contributed by atoms with Crippen LogP contribution in [0.4, 0.5) is 4.39 Å². The summed E-state index contributed by atoms with van der Waals surface area (Å²) in [6.07, 6.45) is 2.03. The molecule has 4 nitrogen and oxygen atoms in total. The number of nitrogens with zero attached hydrogens (tertiary/aromatic N) is 2. The number of nitrogens with one attached hydrogen (secondary N) is 1. The first-order chi connectivity index (χ1) is 10.0. The first-order valence-corrected chi connectivity index (χ1v) is 7.64. The minimum absolute atomic E-state index is 0.000395. The lowest BCUT2D eigenvalue weighted by molar-refractivity contribution is -0.123. The maximum Gasteiger partial charge on any atom is 0.243 e. The molecule has 112 valence electrons. The third-order valence-electron chi connectivity index (χ3n) is 3.61. The van der Waals surface area contributed by atoms with Crippen LogP contribution < -0.4 is 5.32 Å². The van der Waals surface area contributed by atoms with Gasteiger partial charge >= 0.3 is 0 Å². The fraction of sp³-hybridized carbons (Fsp3) is 0.429. The summed E-state index contributed by atoms with van der Waals surface area (Å²) in [6, 6.07) is 2.53. The number of carbonyl (C=O) groups is 1. The molecule has 0 aliphatic heterocycles. The zero-order chi connectivity index (χ0) is 15.1. The van der Waals surface area contributed by atoms with Crippen molar-refractivity contribution in [3.63, 3.8) is 0 Å². The van der Waals surface area contributed by atoms with E-state index in [0.717, 1.165) is 12.8 Å². The maximum absolute atomic E-state index is 13.5. The second-order valence-electron chi connectivity index (χ2n) is 5.25. The topological polar surface area (TPSA) is 46.9 Å². The summed E-state index contributed by atoms with van der Waals surface area (Å²) in [5.41, 5.74) is 1.05. The van der Waals surface area contributed by atoms with E-state index in [1.807, 2.05) is 0 Å². The quantitative estimate of drug-likeness (QED) is 0.874. The highest BCUT2D eigenvalue weighted by Gasteiger charge is 2.28. The van der Waals surface area contributed by atoms with Gasteiger partial charge in [-0.3, -0.25) is 4.79 Å². The van der Waals surface area contributed by atoms with Gasteiger partial charge in [0.25, 0.3) is 0 Å². The van der Waals surface area contributed by atoms with Crippen molar-refractivity contribution < 1.29 is 9.18 Å². The highest BCUT2D eigenvalue weighted by molar-refractivity contribution is 6.31. The molecule has 1 aromatic carbocycles. The second-order valence-corrected chi connectivity index (χ2v) is 5.92. The van der Waals surface area contributed by atoms with E-state index in [1.165, 1.54) is 12.1 Å². The second kappa shape index (κ2) is 5.46. The molecule has 1 saturated carbocycles. The van der Waals surface area contributed by atoms with Crippen molar-refractivity contribution in [2.75, 3.05) is 0 Å². The molecule has 1 atom stereocenters. The lowest BCUT2D eigenvalue weighted by Gasteiger charge is -2.16. The molecule has 3 rings (SSSR count). The lowest BCUT2D eigenvalue weighted by atomic mass is 10.2. The van der Waals surface area contributed by atoms with Gasteiger partial charge in [-0.2, -0.15) is 0 Å². The average Bonchev–Trinajstić information content (AvgIpc) is 3.19. The van der Waals surface area contributed by atoms with Gasteiger partial charge in [-0.05, 0) is 25.8 Å². The molecule has 0 radical (unpaired) electrons. The number of aromatic nitrogens is 2. The van der Waals surface area contributed by atoms with Gasteiger partial charge in [0.05, 0.1) is 21.9 Å². The molecule has 7 heteroatoms. The summed E-state index contributed by atoms with van der Waals surface area (Å²) in [5.74, 6) is 0.0232. The molecule has 1 unspecified atom stereocenters. The summed E-state index contributed by atoms with van der Waals surface area (Å²) in [5, 5.41) is 2.95. The van der Waals surface area contributed by atoms with E-state index >= 15 is 0 Å². The van der Waals surface area contributed by atoms with Crippen molar-refractivity contribution in [1.29, 1.82) is 0 Å². The van der Waals surface area contributed by atoms with Gasteiger partial charge in [0.1, 0.15) is 17.7 Å². The van der Waals surface area contributed by atoms with E-state index in [2.05, 4.69) is 10.3 Å². The van der Waals surface area contributed by atoms with Gasteiger partial charge < -0.3 is 9.88 Å². The molecule has 0 bridgehead atoms. The fourth-order valence-electron chi connectivity index (χ4n) is 2.33. The number of hydrogen-bond acceptors (Lipinski definition) is 2. The highest BCUT2D eigenvalue weighted by Crippen LogP contribution is 2.28. The van der Waals surface area contributed by atoms with Gasteiger partial charge in [-0.1, -0.05) is 11.6 Å². The predicted molar refractivity (Wildman–Crippen MR) is 80.1 cm³/mol. The Morgan fingerprint density at radius 2 is 2.29 bits per heavy atom. The van der Waals surface area contributed by atoms with Crippen LogP contribution >= 0.6 is 23.2 Å². The van der Waals surface area contributed by atoms with Crippen LogP contribution in [-0.2, 0) is 10.7 Å². The molecule has 0 spiro atoms. The Bertz CT molecular complexity index is 712. The zero-order valence-corrected chi connectivity index (χ0v) is 12.9. The van der Waals surface area contributed by atoms with E-state index < -0.39 is 11.9 Å². The Kier molecular flexibility index (Phi) is 3.80. The van der Waals surface area contributed by atoms with Crippen molar-refractivity contribution in [2.24, 2.45) is 0 Å². The molecule has 1 aromatic heterocycles. The molecule has 1 aliphatic carbocycles. The van der Waals surface area contributed by atoms with Crippen LogP contribution in [0.3, 0.4) is 0 Å². The first kappa shape index (κ1) is 14.6. The molecule has 1 aliphatic rings. The summed E-state index contributed by atoms with van der Waals surface area (Å²) in [6.45, 7) is 1.77. The lowest BCUT2D eigenvalue weighted by Crippen LogP contribution is -2.33. The van der Waals surface area contributed by atoms with Gasteiger partial charge in [0.2, 0.25) is 5.91 Å². The van der Waals surface area contributed by atoms with Crippen LogP contribution in [0.15, 0.2) is 12.1 Å². The van der Waals surface area contributed by atoms with Gasteiger partial charge in [-0.15, -0.1) is 11.6 Å². The number of amides is 1. The van der Waals surface area contributed by atoms with E-state index in [9.17, 15) is 9.18 Å². The number of halogens is 3. The highest BCUT2D eigenvalue weighted by atomic mass is 35.5. The van der Waals surface area contributed by atoms with Crippen molar-refractivity contribution in [3.8, 4) is 0 Å². The molecule has 1 heterocycles. The van der Waals surface area contributed by atoms with E-state index in [1.54, 1.807) is 11.5 Å². The van der Waals surface area contributed by atoms with Gasteiger partial charge in [-0.25, -0.2) is 9.37 Å². The zero-order valence-electron chi connectivity index (χ0n) is 11.4. The van der Waals surface area contributed by atoms with E-state index in [-0.39, 0.29) is 22.9 Å². The van der Waals surface area contributed by atoms with Crippen LogP contribution in [0.5, 0.6) is 0 Å². The molecule has 1 fully saturated rings. The van der Waals surface area contributed by atoms with E-state index in [4.69, 9.17) is 23.2 Å². The van der Waals surface area contributed by atoms with Crippen LogP contribution in [0, 0.1) is 5.82 Å². The molecular formula is C14H14Cl2FN3O. The van der Waals surface area contributed by atoms with E-state index in [0.29, 0.717) is 16.9 Å². The average molecular weight is 330 g/mol. The molecule has 1 amide bonds. The van der Waals surface area contributed by atoms with Gasteiger partial charge in [0.15, 0.2) is 0 Å². The van der Waals surface area contributed by atoms with Crippen LogP contribution in [0.2, 0.25) is 5.02 Å². The Balaban J connectivity index is 2.06. The van der Waals surface area contributed by atoms with Crippen molar-refractivity contribution in [1.82, 2.24) is 14.9 Å². The van der Waals surface area contributed by atoms with Crippen molar-refractivity contribution >= 4 is 40.1 Å². The van der Waals surface area contributed by atoms with Crippen LogP contribution in [-0.4, -0.2) is 21.5 Å². The van der Waals surface area contributed by atoms with Crippen LogP contribution in [0.1, 0.15) is 31.6 Å². The third-order valence-corrected chi connectivity index (χ3v) is 4.14. The Hall–Kier alpha value is -1.33.